The van der Waals surface area contributed by atoms with Crippen LogP contribution >= 0.6 is 46.4 Å². The maximum atomic E-state index is 12.3. The molecule has 0 radical (unpaired) electrons. The molecule has 18 heavy (non-hydrogen) atoms. The fourth-order valence-electron chi connectivity index (χ4n) is 1.95. The third-order valence-electron chi connectivity index (χ3n) is 3.29. The third-order valence-corrected chi connectivity index (χ3v) is 4.81. The van der Waals surface area contributed by atoms with Crippen molar-refractivity contribution in [3.63, 3.8) is 0 Å². The molecule has 0 atom stereocenters. The Balaban J connectivity index is 2.19. The van der Waals surface area contributed by atoms with Gasteiger partial charge in [0, 0.05) is 8.59 Å². The van der Waals surface area contributed by atoms with Gasteiger partial charge in [0.25, 0.3) is 0 Å². The highest BCUT2D eigenvalue weighted by Gasteiger charge is 2.47. The number of carbonyl (C=O) groups excluding carboxylic acids is 1. The number of anilines is 1. The van der Waals surface area contributed by atoms with Gasteiger partial charge < -0.3 is 11.1 Å². The highest BCUT2D eigenvalue weighted by Crippen LogP contribution is 2.42. The van der Waals surface area contributed by atoms with Gasteiger partial charge in [-0.15, -0.1) is 0 Å². The van der Waals surface area contributed by atoms with Gasteiger partial charge in [-0.1, -0.05) is 30.2 Å². The highest BCUT2D eigenvalue weighted by molar-refractivity contribution is 14.1. The number of amides is 1. The molecule has 0 bridgehead atoms. The average molecular weight is 395 g/mol. The molecule has 0 spiro atoms. The Morgan fingerprint density at radius 1 is 1.50 bits per heavy atom. The van der Waals surface area contributed by atoms with Crippen molar-refractivity contribution in [1.29, 1.82) is 0 Å². The van der Waals surface area contributed by atoms with E-state index in [1.165, 1.54) is 0 Å². The third kappa shape index (κ3) is 2.48. The molecule has 96 valence electrons. The smallest absolute Gasteiger partial charge is 0.237 e. The standard InChI is InChI=1S/C12H12ClIN2OS/c13-7-2-3-9(8(14)6-7)16-11(17)12(10(15)18)4-1-5-12/h2-3,6H,1,4-5H2,(H2,15,18)(H,16,17). The molecule has 0 aromatic heterocycles. The zero-order valence-electron chi connectivity index (χ0n) is 9.50. The van der Waals surface area contributed by atoms with Gasteiger partial charge in [0.05, 0.1) is 16.1 Å². The lowest BCUT2D eigenvalue weighted by Crippen LogP contribution is -2.50. The Labute approximate surface area is 130 Å². The topological polar surface area (TPSA) is 55.1 Å². The maximum Gasteiger partial charge on any atom is 0.237 e. The first kappa shape index (κ1) is 14.0. The molecule has 2 rings (SSSR count). The van der Waals surface area contributed by atoms with Gasteiger partial charge in [0.1, 0.15) is 0 Å². The first-order valence-corrected chi connectivity index (χ1v) is 7.38. The second-order valence-electron chi connectivity index (χ2n) is 4.38. The highest BCUT2D eigenvalue weighted by atomic mass is 127. The molecule has 0 saturated heterocycles. The molecule has 0 aliphatic heterocycles. The first-order chi connectivity index (χ1) is 8.45. The molecule has 6 heteroatoms. The molecule has 0 unspecified atom stereocenters. The van der Waals surface area contributed by atoms with Crippen LogP contribution in [0, 0.1) is 8.99 Å². The Hall–Kier alpha value is -0.400. The molecule has 3 N–H and O–H groups in total. The van der Waals surface area contributed by atoms with Crippen molar-refractivity contribution in [3.05, 3.63) is 26.8 Å². The van der Waals surface area contributed by atoms with Crippen LogP contribution in [-0.4, -0.2) is 10.9 Å². The van der Waals surface area contributed by atoms with Crippen LogP contribution in [0.5, 0.6) is 0 Å². The molecule has 1 fully saturated rings. The van der Waals surface area contributed by atoms with Crippen LogP contribution in [0.1, 0.15) is 19.3 Å². The number of rotatable bonds is 3. The van der Waals surface area contributed by atoms with E-state index < -0.39 is 5.41 Å². The second-order valence-corrected chi connectivity index (χ2v) is 6.42. The van der Waals surface area contributed by atoms with E-state index in [0.717, 1.165) is 28.5 Å². The molecule has 1 saturated carbocycles. The zero-order valence-corrected chi connectivity index (χ0v) is 13.2. The molecule has 1 aliphatic rings. The van der Waals surface area contributed by atoms with E-state index in [0.29, 0.717) is 5.02 Å². The maximum absolute atomic E-state index is 12.3. The molecule has 3 nitrogen and oxygen atoms in total. The van der Waals surface area contributed by atoms with Gasteiger partial charge in [0.2, 0.25) is 5.91 Å². The minimum absolute atomic E-state index is 0.110. The lowest BCUT2D eigenvalue weighted by atomic mass is 9.68. The zero-order chi connectivity index (χ0) is 13.3. The summed E-state index contributed by atoms with van der Waals surface area (Å²) in [6, 6.07) is 5.33. The summed E-state index contributed by atoms with van der Waals surface area (Å²) in [5, 5.41) is 3.53. The van der Waals surface area contributed by atoms with E-state index in [1.54, 1.807) is 18.2 Å². The van der Waals surface area contributed by atoms with Crippen LogP contribution in [0.3, 0.4) is 0 Å². The van der Waals surface area contributed by atoms with Crippen molar-refractivity contribution < 1.29 is 4.79 Å². The minimum atomic E-state index is -0.655. The molecular weight excluding hydrogens is 383 g/mol. The number of nitrogens with one attached hydrogen (secondary N) is 1. The summed E-state index contributed by atoms with van der Waals surface area (Å²) in [5.41, 5.74) is 5.79. The van der Waals surface area contributed by atoms with E-state index in [4.69, 9.17) is 29.6 Å². The average Bonchev–Trinajstić information content (AvgIpc) is 2.19. The SMILES string of the molecule is NC(=S)C1(C(=O)Nc2ccc(Cl)cc2I)CCC1. The fraction of sp³-hybridized carbons (Fsp3) is 0.333. The molecular formula is C12H12ClIN2OS. The summed E-state index contributed by atoms with van der Waals surface area (Å²) in [5.74, 6) is -0.110. The Kier molecular flexibility index (Phi) is 4.13. The van der Waals surface area contributed by atoms with Crippen molar-refractivity contribution in [3.8, 4) is 0 Å². The predicted molar refractivity (Wildman–Crippen MR) is 85.9 cm³/mol. The first-order valence-electron chi connectivity index (χ1n) is 5.52. The van der Waals surface area contributed by atoms with E-state index >= 15 is 0 Å². The normalized spacial score (nSPS) is 16.8. The number of hydrogen-bond donors (Lipinski definition) is 2. The number of carbonyl (C=O) groups is 1. The van der Waals surface area contributed by atoms with Gasteiger partial charge in [-0.3, -0.25) is 4.79 Å². The van der Waals surface area contributed by atoms with Crippen molar-refractivity contribution >= 4 is 63.0 Å². The summed E-state index contributed by atoms with van der Waals surface area (Å²) >= 11 is 13.0. The van der Waals surface area contributed by atoms with Crippen molar-refractivity contribution in [2.24, 2.45) is 11.1 Å². The molecule has 1 aliphatic carbocycles. The lowest BCUT2D eigenvalue weighted by molar-refractivity contribution is -0.125. The van der Waals surface area contributed by atoms with Gasteiger partial charge in [-0.05, 0) is 53.6 Å². The van der Waals surface area contributed by atoms with Crippen LogP contribution < -0.4 is 11.1 Å². The predicted octanol–water partition coefficient (Wildman–Crippen LogP) is 3.34. The Morgan fingerprint density at radius 2 is 2.17 bits per heavy atom. The Morgan fingerprint density at radius 3 is 2.61 bits per heavy atom. The minimum Gasteiger partial charge on any atom is -0.392 e. The number of hydrogen-bond acceptors (Lipinski definition) is 2. The quantitative estimate of drug-likeness (QED) is 0.611. The van der Waals surface area contributed by atoms with E-state index in [9.17, 15) is 4.79 Å². The Bertz CT molecular complexity index is 517. The summed E-state index contributed by atoms with van der Waals surface area (Å²) < 4.78 is 0.894. The molecule has 0 heterocycles. The van der Waals surface area contributed by atoms with Crippen LogP contribution in [0.4, 0.5) is 5.69 Å². The van der Waals surface area contributed by atoms with Gasteiger partial charge in [-0.25, -0.2) is 0 Å². The summed E-state index contributed by atoms with van der Waals surface area (Å²) in [4.78, 5) is 12.6. The summed E-state index contributed by atoms with van der Waals surface area (Å²) in [6.07, 6.45) is 2.46. The molecule has 1 aromatic rings. The number of nitrogens with two attached hydrogens (primary N) is 1. The molecule has 1 amide bonds. The van der Waals surface area contributed by atoms with E-state index in [2.05, 4.69) is 27.9 Å². The molecule has 1 aromatic carbocycles. The number of benzene rings is 1. The largest absolute Gasteiger partial charge is 0.392 e. The van der Waals surface area contributed by atoms with Crippen LogP contribution in [0.2, 0.25) is 5.02 Å². The van der Waals surface area contributed by atoms with Crippen molar-refractivity contribution in [1.82, 2.24) is 0 Å². The lowest BCUT2D eigenvalue weighted by Gasteiger charge is -2.39. The van der Waals surface area contributed by atoms with Crippen LogP contribution in [0.15, 0.2) is 18.2 Å². The summed E-state index contributed by atoms with van der Waals surface area (Å²) in [7, 11) is 0. The van der Waals surface area contributed by atoms with Crippen LogP contribution in [-0.2, 0) is 4.79 Å². The fourth-order valence-corrected chi connectivity index (χ4v) is 3.25. The van der Waals surface area contributed by atoms with Crippen molar-refractivity contribution in [2.45, 2.75) is 19.3 Å². The van der Waals surface area contributed by atoms with E-state index in [-0.39, 0.29) is 10.9 Å². The summed E-state index contributed by atoms with van der Waals surface area (Å²) in [6.45, 7) is 0. The number of thiocarbonyl (C=S) groups is 1. The van der Waals surface area contributed by atoms with E-state index in [1.807, 2.05) is 0 Å². The second kappa shape index (κ2) is 5.30. The monoisotopic (exact) mass is 394 g/mol. The van der Waals surface area contributed by atoms with Crippen molar-refractivity contribution in [2.75, 3.05) is 5.32 Å². The van der Waals surface area contributed by atoms with Crippen LogP contribution in [0.25, 0.3) is 0 Å². The number of halogens is 2. The van der Waals surface area contributed by atoms with Gasteiger partial charge >= 0.3 is 0 Å². The van der Waals surface area contributed by atoms with Gasteiger partial charge in [-0.2, -0.15) is 0 Å². The van der Waals surface area contributed by atoms with Gasteiger partial charge in [0.15, 0.2) is 0 Å².